The lowest BCUT2D eigenvalue weighted by molar-refractivity contribution is -0.119. The third kappa shape index (κ3) is 1.16. The molecule has 0 spiro atoms. The molecule has 5 nitrogen and oxygen atoms in total. The minimum Gasteiger partial charge on any atom is -0.273 e. The fraction of sp³-hybridized carbons (Fsp3) is 0.143. The fourth-order valence-electron chi connectivity index (χ4n) is 0.976. The first-order valence-electron chi connectivity index (χ1n) is 3.47. The Morgan fingerprint density at radius 1 is 1.33 bits per heavy atom. The molecule has 1 N–H and O–H groups in total. The Labute approximate surface area is 68.5 Å². The first kappa shape index (κ1) is 6.90. The number of carbonyl (C=O) groups excluding carboxylic acids is 1. The van der Waals surface area contributed by atoms with Crippen molar-refractivity contribution < 1.29 is 4.79 Å². The summed E-state index contributed by atoms with van der Waals surface area (Å²) in [6.45, 7) is 0. The smallest absolute Gasteiger partial charge is 0.246 e. The second-order valence-electron chi connectivity index (χ2n) is 2.40. The standard InChI is InChI=1S/C7H6N4O/c12-7-1-6(10-11-7)5-2-8-4-9-3-5/h2-4H,1H2,(H,11,12). The fourth-order valence-corrected chi connectivity index (χ4v) is 0.976. The van der Waals surface area contributed by atoms with Gasteiger partial charge >= 0.3 is 0 Å². The molecule has 0 radical (unpaired) electrons. The molecule has 0 bridgehead atoms. The zero-order valence-corrected chi connectivity index (χ0v) is 6.19. The number of hydrogen-bond acceptors (Lipinski definition) is 4. The maximum Gasteiger partial charge on any atom is 0.246 e. The molecule has 0 unspecified atom stereocenters. The highest BCUT2D eigenvalue weighted by Crippen LogP contribution is 2.04. The van der Waals surface area contributed by atoms with Gasteiger partial charge in [0.2, 0.25) is 5.91 Å². The highest BCUT2D eigenvalue weighted by Gasteiger charge is 2.15. The van der Waals surface area contributed by atoms with Gasteiger partial charge in [0.15, 0.2) is 0 Å². The van der Waals surface area contributed by atoms with E-state index in [1.165, 1.54) is 6.33 Å². The van der Waals surface area contributed by atoms with E-state index >= 15 is 0 Å². The molecule has 0 saturated carbocycles. The van der Waals surface area contributed by atoms with E-state index in [1.807, 2.05) is 0 Å². The molecule has 1 aromatic rings. The molecule has 60 valence electrons. The summed E-state index contributed by atoms with van der Waals surface area (Å²) in [6.07, 6.45) is 5.01. The molecule has 1 aliphatic heterocycles. The SMILES string of the molecule is O=C1CC(c2cncnc2)=NN1. The summed E-state index contributed by atoms with van der Waals surface area (Å²) >= 11 is 0. The Morgan fingerprint density at radius 2 is 2.08 bits per heavy atom. The molecule has 2 heterocycles. The van der Waals surface area contributed by atoms with Crippen LogP contribution in [0.1, 0.15) is 12.0 Å². The Hall–Kier alpha value is -1.78. The molecule has 5 heteroatoms. The zero-order chi connectivity index (χ0) is 8.39. The summed E-state index contributed by atoms with van der Waals surface area (Å²) in [5.41, 5.74) is 3.84. The third-order valence-corrected chi connectivity index (χ3v) is 1.54. The van der Waals surface area contributed by atoms with Gasteiger partial charge in [-0.1, -0.05) is 0 Å². The van der Waals surface area contributed by atoms with Crippen LogP contribution in [0.4, 0.5) is 0 Å². The first-order chi connectivity index (χ1) is 5.86. The molecule has 0 aromatic carbocycles. The molecule has 1 aromatic heterocycles. The van der Waals surface area contributed by atoms with E-state index in [2.05, 4.69) is 20.5 Å². The highest BCUT2D eigenvalue weighted by molar-refractivity contribution is 6.13. The van der Waals surface area contributed by atoms with Gasteiger partial charge in [0, 0.05) is 18.0 Å². The maximum absolute atomic E-state index is 10.8. The largest absolute Gasteiger partial charge is 0.273 e. The lowest BCUT2D eigenvalue weighted by atomic mass is 10.1. The Kier molecular flexibility index (Phi) is 1.55. The lowest BCUT2D eigenvalue weighted by Crippen LogP contribution is -2.09. The van der Waals surface area contributed by atoms with Crippen LogP contribution >= 0.6 is 0 Å². The van der Waals surface area contributed by atoms with Gasteiger partial charge in [-0.3, -0.25) is 4.79 Å². The molecule has 12 heavy (non-hydrogen) atoms. The molecule has 0 atom stereocenters. The summed E-state index contributed by atoms with van der Waals surface area (Å²) < 4.78 is 0. The van der Waals surface area contributed by atoms with Crippen molar-refractivity contribution in [3.05, 3.63) is 24.3 Å². The van der Waals surface area contributed by atoms with Crippen LogP contribution < -0.4 is 5.43 Å². The first-order valence-corrected chi connectivity index (χ1v) is 3.47. The van der Waals surface area contributed by atoms with Crippen LogP contribution in [0.2, 0.25) is 0 Å². The van der Waals surface area contributed by atoms with Gasteiger partial charge in [0.1, 0.15) is 6.33 Å². The second kappa shape index (κ2) is 2.69. The number of amides is 1. The molecule has 0 saturated heterocycles. The van der Waals surface area contributed by atoms with E-state index in [0.29, 0.717) is 12.1 Å². The van der Waals surface area contributed by atoms with Gasteiger partial charge < -0.3 is 0 Å². The summed E-state index contributed by atoms with van der Waals surface area (Å²) in [4.78, 5) is 18.4. The van der Waals surface area contributed by atoms with Crippen molar-refractivity contribution in [2.24, 2.45) is 5.10 Å². The van der Waals surface area contributed by atoms with Gasteiger partial charge in [-0.15, -0.1) is 0 Å². The van der Waals surface area contributed by atoms with Crippen LogP contribution in [0.25, 0.3) is 0 Å². The maximum atomic E-state index is 10.8. The van der Waals surface area contributed by atoms with Crippen LogP contribution in [-0.4, -0.2) is 21.6 Å². The van der Waals surface area contributed by atoms with E-state index in [4.69, 9.17) is 0 Å². The van der Waals surface area contributed by atoms with E-state index in [9.17, 15) is 4.79 Å². The Balaban J connectivity index is 2.28. The Morgan fingerprint density at radius 3 is 2.67 bits per heavy atom. The number of rotatable bonds is 1. The van der Waals surface area contributed by atoms with Crippen LogP contribution in [-0.2, 0) is 4.79 Å². The van der Waals surface area contributed by atoms with Gasteiger partial charge in [-0.25, -0.2) is 15.4 Å². The molecular weight excluding hydrogens is 156 g/mol. The summed E-state index contributed by atoms with van der Waals surface area (Å²) in [5.74, 6) is -0.0890. The number of hydrazone groups is 1. The van der Waals surface area contributed by atoms with Gasteiger partial charge in [-0.2, -0.15) is 5.10 Å². The van der Waals surface area contributed by atoms with Crippen molar-refractivity contribution in [1.82, 2.24) is 15.4 Å². The number of nitrogens with zero attached hydrogens (tertiary/aromatic N) is 3. The molecule has 2 rings (SSSR count). The molecule has 1 amide bonds. The lowest BCUT2D eigenvalue weighted by Gasteiger charge is -1.93. The molecule has 1 aliphatic rings. The van der Waals surface area contributed by atoms with E-state index in [-0.39, 0.29) is 5.91 Å². The van der Waals surface area contributed by atoms with Crippen molar-refractivity contribution in [2.75, 3.05) is 0 Å². The van der Waals surface area contributed by atoms with E-state index in [1.54, 1.807) is 12.4 Å². The monoisotopic (exact) mass is 162 g/mol. The van der Waals surface area contributed by atoms with Gasteiger partial charge in [-0.05, 0) is 0 Å². The quantitative estimate of drug-likeness (QED) is 0.616. The summed E-state index contributed by atoms with van der Waals surface area (Å²) in [6, 6.07) is 0. The van der Waals surface area contributed by atoms with Crippen molar-refractivity contribution in [1.29, 1.82) is 0 Å². The number of aromatic nitrogens is 2. The number of nitrogens with one attached hydrogen (secondary N) is 1. The number of carbonyl (C=O) groups is 1. The van der Waals surface area contributed by atoms with E-state index < -0.39 is 0 Å². The van der Waals surface area contributed by atoms with Crippen LogP contribution in [0, 0.1) is 0 Å². The van der Waals surface area contributed by atoms with Gasteiger partial charge in [0.25, 0.3) is 0 Å². The van der Waals surface area contributed by atoms with Crippen LogP contribution in [0.3, 0.4) is 0 Å². The molecular formula is C7H6N4O. The predicted molar refractivity (Wildman–Crippen MR) is 41.3 cm³/mol. The summed E-state index contributed by atoms with van der Waals surface area (Å²) in [5, 5.41) is 3.82. The van der Waals surface area contributed by atoms with Crippen LogP contribution in [0.15, 0.2) is 23.8 Å². The third-order valence-electron chi connectivity index (χ3n) is 1.54. The average Bonchev–Trinajstić information content (AvgIpc) is 2.54. The average molecular weight is 162 g/mol. The zero-order valence-electron chi connectivity index (χ0n) is 6.19. The van der Waals surface area contributed by atoms with Crippen molar-refractivity contribution >= 4 is 11.6 Å². The minimum absolute atomic E-state index is 0.0890. The highest BCUT2D eigenvalue weighted by atomic mass is 16.2. The topological polar surface area (TPSA) is 67.2 Å². The second-order valence-corrected chi connectivity index (χ2v) is 2.40. The van der Waals surface area contributed by atoms with Crippen molar-refractivity contribution in [3.8, 4) is 0 Å². The van der Waals surface area contributed by atoms with Crippen molar-refractivity contribution in [3.63, 3.8) is 0 Å². The number of hydrogen-bond donors (Lipinski definition) is 1. The predicted octanol–water partition coefficient (Wildman–Crippen LogP) is -0.299. The molecule has 0 aliphatic carbocycles. The molecule has 0 fully saturated rings. The normalized spacial score (nSPS) is 15.7. The summed E-state index contributed by atoms with van der Waals surface area (Å²) in [7, 11) is 0. The van der Waals surface area contributed by atoms with Gasteiger partial charge in [0.05, 0.1) is 12.1 Å². The van der Waals surface area contributed by atoms with Crippen LogP contribution in [0.5, 0.6) is 0 Å². The minimum atomic E-state index is -0.0890. The Bertz CT molecular complexity index is 333. The van der Waals surface area contributed by atoms with E-state index in [0.717, 1.165) is 5.56 Å². The van der Waals surface area contributed by atoms with Crippen molar-refractivity contribution in [2.45, 2.75) is 6.42 Å².